The minimum absolute atomic E-state index is 0.460. The van der Waals surface area contributed by atoms with E-state index in [9.17, 15) is 0 Å². The summed E-state index contributed by atoms with van der Waals surface area (Å²) in [5, 5.41) is 0.460. The van der Waals surface area contributed by atoms with Crippen LogP contribution in [-0.4, -0.2) is 23.2 Å². The molecule has 1 fully saturated rings. The second kappa shape index (κ2) is 5.82. The Hall–Kier alpha value is -1.94. The first kappa shape index (κ1) is 14.0. The van der Waals surface area contributed by atoms with E-state index >= 15 is 0 Å². The summed E-state index contributed by atoms with van der Waals surface area (Å²) in [5.41, 5.74) is 10.6. The number of halogens is 1. The number of pyridine rings is 2. The van der Waals surface area contributed by atoms with Crippen LogP contribution >= 0.6 is 11.6 Å². The van der Waals surface area contributed by atoms with Crippen molar-refractivity contribution in [3.8, 4) is 0 Å². The van der Waals surface area contributed by atoms with E-state index in [1.54, 1.807) is 19.3 Å². The number of fused-ring (bicyclic) bond motifs is 1. The van der Waals surface area contributed by atoms with E-state index in [2.05, 4.69) is 15.0 Å². The van der Waals surface area contributed by atoms with Crippen LogP contribution in [0.4, 0.5) is 0 Å². The molecule has 2 N–H and O–H groups in total. The number of hydrogen-bond donors (Lipinski definition) is 1. The van der Waals surface area contributed by atoms with Gasteiger partial charge in [-0.15, -0.1) is 0 Å². The molecule has 2 aromatic rings. The fourth-order valence-corrected chi connectivity index (χ4v) is 2.50. The van der Waals surface area contributed by atoms with E-state index in [1.165, 1.54) is 12.8 Å². The molecule has 0 saturated heterocycles. The minimum atomic E-state index is 0.460. The molecular weight excluding hydrogens is 284 g/mol. The molecule has 1 saturated carbocycles. The number of allylic oxidation sites excluding steroid dienone is 2. The fourth-order valence-electron chi connectivity index (χ4n) is 2.34. The van der Waals surface area contributed by atoms with Gasteiger partial charge in [0, 0.05) is 36.3 Å². The van der Waals surface area contributed by atoms with Crippen molar-refractivity contribution in [2.24, 2.45) is 16.6 Å². The van der Waals surface area contributed by atoms with E-state index in [4.69, 9.17) is 17.3 Å². The molecule has 21 heavy (non-hydrogen) atoms. The van der Waals surface area contributed by atoms with Crippen molar-refractivity contribution in [1.29, 1.82) is 0 Å². The number of hydrogen-bond acceptors (Lipinski definition) is 4. The first-order valence-corrected chi connectivity index (χ1v) is 7.38. The monoisotopic (exact) mass is 300 g/mol. The topological polar surface area (TPSA) is 64.2 Å². The zero-order valence-corrected chi connectivity index (χ0v) is 12.6. The summed E-state index contributed by atoms with van der Waals surface area (Å²) in [6.45, 7) is 0. The number of nitrogens with zero attached hydrogens (tertiary/aromatic N) is 3. The highest BCUT2D eigenvalue weighted by atomic mass is 35.5. The van der Waals surface area contributed by atoms with E-state index in [0.717, 1.165) is 40.2 Å². The summed E-state index contributed by atoms with van der Waals surface area (Å²) in [6.07, 6.45) is 7.07. The standard InChI is InChI=1S/C16H17ClN4/c1-19-9-12(13(18)6-10-2-3-10)11-7-15-14(20-8-11)4-5-16(17)21-15/h4-5,7-10H,2-3,6,18H2,1H3. The highest BCUT2D eigenvalue weighted by molar-refractivity contribution is 6.29. The lowest BCUT2D eigenvalue weighted by Gasteiger charge is -2.09. The Morgan fingerprint density at radius 3 is 2.95 bits per heavy atom. The van der Waals surface area contributed by atoms with Crippen LogP contribution in [0.3, 0.4) is 0 Å². The lowest BCUT2D eigenvalue weighted by atomic mass is 10.0. The van der Waals surface area contributed by atoms with Crippen LogP contribution in [-0.2, 0) is 0 Å². The highest BCUT2D eigenvalue weighted by Crippen LogP contribution is 2.35. The molecule has 0 atom stereocenters. The number of aliphatic imine (C=N–C) groups is 1. The number of nitrogens with two attached hydrogens (primary N) is 1. The maximum Gasteiger partial charge on any atom is 0.129 e. The summed E-state index contributed by atoms with van der Waals surface area (Å²) in [6, 6.07) is 5.56. The molecule has 1 aliphatic rings. The van der Waals surface area contributed by atoms with Crippen molar-refractivity contribution in [3.63, 3.8) is 0 Å². The molecule has 0 bridgehead atoms. The van der Waals surface area contributed by atoms with Crippen LogP contribution < -0.4 is 5.73 Å². The Morgan fingerprint density at radius 1 is 1.43 bits per heavy atom. The molecule has 2 heterocycles. The Bertz CT molecular complexity index is 732. The highest BCUT2D eigenvalue weighted by Gasteiger charge is 2.23. The third kappa shape index (κ3) is 3.22. The zero-order valence-electron chi connectivity index (χ0n) is 11.9. The molecule has 5 heteroatoms. The molecule has 0 amide bonds. The average molecular weight is 301 g/mol. The van der Waals surface area contributed by atoms with Crippen molar-refractivity contribution in [2.75, 3.05) is 7.05 Å². The maximum absolute atomic E-state index is 6.27. The smallest absolute Gasteiger partial charge is 0.129 e. The van der Waals surface area contributed by atoms with Crippen LogP contribution in [0.5, 0.6) is 0 Å². The summed E-state index contributed by atoms with van der Waals surface area (Å²) in [7, 11) is 1.74. The van der Waals surface area contributed by atoms with Crippen LogP contribution in [0.2, 0.25) is 5.15 Å². The predicted octanol–water partition coefficient (Wildman–Crippen LogP) is 3.45. The zero-order chi connectivity index (χ0) is 14.8. The van der Waals surface area contributed by atoms with Crippen LogP contribution in [0.25, 0.3) is 16.6 Å². The Labute approximate surface area is 128 Å². The molecule has 0 radical (unpaired) electrons. The minimum Gasteiger partial charge on any atom is -0.401 e. The van der Waals surface area contributed by atoms with Gasteiger partial charge in [-0.25, -0.2) is 4.98 Å². The van der Waals surface area contributed by atoms with Gasteiger partial charge in [0.1, 0.15) is 5.15 Å². The van der Waals surface area contributed by atoms with Crippen LogP contribution in [0.15, 0.2) is 35.1 Å². The predicted molar refractivity (Wildman–Crippen MR) is 87.4 cm³/mol. The average Bonchev–Trinajstić information content (AvgIpc) is 3.27. The number of aromatic nitrogens is 2. The lowest BCUT2D eigenvalue weighted by Crippen LogP contribution is -2.05. The van der Waals surface area contributed by atoms with Gasteiger partial charge in [-0.3, -0.25) is 9.98 Å². The Balaban J connectivity index is 2.05. The van der Waals surface area contributed by atoms with Crippen molar-refractivity contribution in [1.82, 2.24) is 9.97 Å². The van der Waals surface area contributed by atoms with Crippen molar-refractivity contribution < 1.29 is 0 Å². The SMILES string of the molecule is CN=CC(=C(N)CC1CC1)c1cnc2ccc(Cl)nc2c1. The molecule has 3 rings (SSSR count). The second-order valence-electron chi connectivity index (χ2n) is 5.37. The molecule has 0 unspecified atom stereocenters. The van der Waals surface area contributed by atoms with E-state index in [-0.39, 0.29) is 0 Å². The van der Waals surface area contributed by atoms with Crippen molar-refractivity contribution in [2.45, 2.75) is 19.3 Å². The van der Waals surface area contributed by atoms with Gasteiger partial charge in [0.15, 0.2) is 0 Å². The van der Waals surface area contributed by atoms with Gasteiger partial charge in [0.05, 0.1) is 11.0 Å². The summed E-state index contributed by atoms with van der Waals surface area (Å²) >= 11 is 5.95. The summed E-state index contributed by atoms with van der Waals surface area (Å²) < 4.78 is 0. The molecule has 0 aliphatic heterocycles. The fraction of sp³-hybridized carbons (Fsp3) is 0.312. The maximum atomic E-state index is 6.27. The van der Waals surface area contributed by atoms with Gasteiger partial charge in [-0.2, -0.15) is 0 Å². The molecule has 4 nitrogen and oxygen atoms in total. The molecule has 0 aromatic carbocycles. The third-order valence-corrected chi connectivity index (χ3v) is 3.83. The first-order chi connectivity index (χ1) is 10.2. The normalized spacial score (nSPS) is 16.5. The van der Waals surface area contributed by atoms with E-state index in [0.29, 0.717) is 5.15 Å². The third-order valence-electron chi connectivity index (χ3n) is 3.62. The van der Waals surface area contributed by atoms with Gasteiger partial charge >= 0.3 is 0 Å². The van der Waals surface area contributed by atoms with Crippen LogP contribution in [0.1, 0.15) is 24.8 Å². The van der Waals surface area contributed by atoms with Crippen molar-refractivity contribution in [3.05, 3.63) is 40.8 Å². The van der Waals surface area contributed by atoms with Gasteiger partial charge in [-0.1, -0.05) is 11.6 Å². The van der Waals surface area contributed by atoms with Gasteiger partial charge in [-0.05, 0) is 43.4 Å². The van der Waals surface area contributed by atoms with Gasteiger partial charge < -0.3 is 5.73 Å². The van der Waals surface area contributed by atoms with Gasteiger partial charge in [0.2, 0.25) is 0 Å². The Kier molecular flexibility index (Phi) is 3.88. The molecular formula is C16H17ClN4. The van der Waals surface area contributed by atoms with E-state index < -0.39 is 0 Å². The van der Waals surface area contributed by atoms with Gasteiger partial charge in [0.25, 0.3) is 0 Å². The quantitative estimate of drug-likeness (QED) is 0.695. The lowest BCUT2D eigenvalue weighted by molar-refractivity contribution is 0.814. The summed E-state index contributed by atoms with van der Waals surface area (Å²) in [4.78, 5) is 12.9. The van der Waals surface area contributed by atoms with E-state index in [1.807, 2.05) is 18.3 Å². The summed E-state index contributed by atoms with van der Waals surface area (Å²) in [5.74, 6) is 0.728. The molecule has 0 spiro atoms. The molecule has 2 aromatic heterocycles. The molecule has 1 aliphatic carbocycles. The second-order valence-corrected chi connectivity index (χ2v) is 5.76. The van der Waals surface area contributed by atoms with Crippen LogP contribution in [0, 0.1) is 5.92 Å². The largest absolute Gasteiger partial charge is 0.401 e. The van der Waals surface area contributed by atoms with Crippen molar-refractivity contribution >= 4 is 34.4 Å². The first-order valence-electron chi connectivity index (χ1n) is 7.01. The number of rotatable bonds is 4. The molecule has 108 valence electrons. The Morgan fingerprint density at radius 2 is 2.24 bits per heavy atom.